The highest BCUT2D eigenvalue weighted by Gasteiger charge is 2.12. The molecule has 0 saturated heterocycles. The van der Waals surface area contributed by atoms with Gasteiger partial charge >= 0.3 is 0 Å². The van der Waals surface area contributed by atoms with E-state index in [0.29, 0.717) is 10.7 Å². The first-order chi connectivity index (χ1) is 12.0. The Labute approximate surface area is 159 Å². The quantitative estimate of drug-likeness (QED) is 0.471. The summed E-state index contributed by atoms with van der Waals surface area (Å²) in [6.07, 6.45) is 0. The number of amides is 1. The first kappa shape index (κ1) is 17.9. The molecular formula is C18H16ClN3OS2. The van der Waals surface area contributed by atoms with Crippen molar-refractivity contribution in [1.82, 2.24) is 10.2 Å². The van der Waals surface area contributed by atoms with Crippen molar-refractivity contribution >= 4 is 45.7 Å². The number of carbonyl (C=O) groups is 1. The average molecular weight is 390 g/mol. The van der Waals surface area contributed by atoms with Crippen LogP contribution in [-0.4, -0.2) is 16.1 Å². The molecule has 3 aromatic rings. The van der Waals surface area contributed by atoms with Crippen molar-refractivity contribution in [3.8, 4) is 0 Å². The molecule has 7 heteroatoms. The van der Waals surface area contributed by atoms with Crippen molar-refractivity contribution in [2.24, 2.45) is 0 Å². The first-order valence-electron chi connectivity index (χ1n) is 7.60. The van der Waals surface area contributed by atoms with E-state index >= 15 is 0 Å². The Hall–Kier alpha value is -1.89. The maximum Gasteiger partial charge on any atom is 0.257 e. The van der Waals surface area contributed by atoms with Crippen LogP contribution >= 0.6 is 34.7 Å². The van der Waals surface area contributed by atoms with E-state index in [0.717, 1.165) is 31.8 Å². The third kappa shape index (κ3) is 4.81. The molecule has 0 aliphatic rings. The Balaban J connectivity index is 1.62. The van der Waals surface area contributed by atoms with Crippen LogP contribution < -0.4 is 5.32 Å². The maximum atomic E-state index is 12.4. The number of aromatic nitrogens is 2. The molecule has 1 aromatic heterocycles. The Morgan fingerprint density at radius 1 is 1.20 bits per heavy atom. The number of nitrogens with one attached hydrogen (secondary N) is 1. The lowest BCUT2D eigenvalue weighted by molar-refractivity contribution is 0.102. The molecule has 1 N–H and O–H groups in total. The van der Waals surface area contributed by atoms with Gasteiger partial charge in [0.15, 0.2) is 4.34 Å². The predicted molar refractivity (Wildman–Crippen MR) is 105 cm³/mol. The monoisotopic (exact) mass is 389 g/mol. The van der Waals surface area contributed by atoms with Gasteiger partial charge in [-0.2, -0.15) is 0 Å². The second-order valence-corrected chi connectivity index (χ2v) is 8.20. The van der Waals surface area contributed by atoms with Crippen LogP contribution in [0.15, 0.2) is 46.8 Å². The minimum absolute atomic E-state index is 0.167. The Kier molecular flexibility index (Phi) is 5.73. The van der Waals surface area contributed by atoms with E-state index in [2.05, 4.69) is 15.5 Å². The molecule has 0 atom stereocenters. The molecule has 0 aliphatic carbocycles. The lowest BCUT2D eigenvalue weighted by Crippen LogP contribution is -2.13. The highest BCUT2D eigenvalue weighted by Crippen LogP contribution is 2.29. The van der Waals surface area contributed by atoms with E-state index in [1.54, 1.807) is 11.8 Å². The van der Waals surface area contributed by atoms with Gasteiger partial charge in [-0.3, -0.25) is 10.1 Å². The molecule has 1 amide bonds. The minimum Gasteiger partial charge on any atom is -0.296 e. The summed E-state index contributed by atoms with van der Waals surface area (Å²) in [5.74, 6) is 0.584. The third-order valence-corrected chi connectivity index (χ3v) is 5.78. The molecule has 4 nitrogen and oxygen atoms in total. The van der Waals surface area contributed by atoms with Crippen molar-refractivity contribution in [3.05, 3.63) is 69.7 Å². The first-order valence-corrected chi connectivity index (χ1v) is 9.78. The van der Waals surface area contributed by atoms with Gasteiger partial charge < -0.3 is 0 Å². The van der Waals surface area contributed by atoms with Crippen molar-refractivity contribution in [2.75, 3.05) is 5.32 Å². The molecule has 2 aromatic carbocycles. The lowest BCUT2D eigenvalue weighted by atomic mass is 10.1. The normalized spacial score (nSPS) is 10.7. The average Bonchev–Trinajstić information content (AvgIpc) is 3.00. The molecule has 0 fully saturated rings. The lowest BCUT2D eigenvalue weighted by Gasteiger charge is -2.05. The van der Waals surface area contributed by atoms with Gasteiger partial charge in [0, 0.05) is 16.3 Å². The zero-order valence-corrected chi connectivity index (χ0v) is 16.1. The summed E-state index contributed by atoms with van der Waals surface area (Å²) in [7, 11) is 0. The summed E-state index contributed by atoms with van der Waals surface area (Å²) in [4.78, 5) is 12.4. The largest absolute Gasteiger partial charge is 0.296 e. The Morgan fingerprint density at radius 3 is 2.80 bits per heavy atom. The summed E-state index contributed by atoms with van der Waals surface area (Å²) in [5.41, 5.74) is 3.84. The fourth-order valence-corrected chi connectivity index (χ4v) is 4.23. The number of rotatable bonds is 5. The van der Waals surface area contributed by atoms with Crippen molar-refractivity contribution in [2.45, 2.75) is 23.9 Å². The van der Waals surface area contributed by atoms with Crippen LogP contribution in [0, 0.1) is 13.8 Å². The van der Waals surface area contributed by atoms with E-state index in [4.69, 9.17) is 11.6 Å². The molecule has 0 unspecified atom stereocenters. The standard InChI is InChI=1S/C18H16ClN3OS2/c1-11-6-7-15(12(2)8-11)16(23)20-17-21-22-18(25-17)24-10-13-4-3-5-14(19)9-13/h3-9H,10H2,1-2H3,(H,20,21,23). The summed E-state index contributed by atoms with van der Waals surface area (Å²) in [5, 5.41) is 12.2. The maximum absolute atomic E-state index is 12.4. The van der Waals surface area contributed by atoms with Gasteiger partial charge in [-0.15, -0.1) is 10.2 Å². The number of halogens is 1. The summed E-state index contributed by atoms with van der Waals surface area (Å²) in [6.45, 7) is 3.93. The third-order valence-electron chi connectivity index (χ3n) is 3.50. The van der Waals surface area contributed by atoms with Crippen LogP contribution in [0.1, 0.15) is 27.0 Å². The summed E-state index contributed by atoms with van der Waals surface area (Å²) in [6, 6.07) is 13.5. The number of benzene rings is 2. The molecule has 0 bridgehead atoms. The predicted octanol–water partition coefficient (Wildman–Crippen LogP) is 5.35. The topological polar surface area (TPSA) is 54.9 Å². The van der Waals surface area contributed by atoms with Gasteiger partial charge in [0.2, 0.25) is 5.13 Å². The second-order valence-electron chi connectivity index (χ2n) is 5.56. The van der Waals surface area contributed by atoms with Crippen LogP contribution in [0.3, 0.4) is 0 Å². The highest BCUT2D eigenvalue weighted by atomic mass is 35.5. The number of hydrogen-bond acceptors (Lipinski definition) is 5. The zero-order chi connectivity index (χ0) is 17.8. The number of anilines is 1. The molecule has 25 heavy (non-hydrogen) atoms. The van der Waals surface area contributed by atoms with Gasteiger partial charge in [-0.25, -0.2) is 0 Å². The number of nitrogens with zero attached hydrogens (tertiary/aromatic N) is 2. The molecule has 1 heterocycles. The van der Waals surface area contributed by atoms with Gasteiger partial charge in [0.1, 0.15) is 0 Å². The number of carbonyl (C=O) groups excluding carboxylic acids is 1. The Morgan fingerprint density at radius 2 is 2.04 bits per heavy atom. The van der Waals surface area contributed by atoms with Crippen LogP contribution in [0.25, 0.3) is 0 Å². The fraction of sp³-hybridized carbons (Fsp3) is 0.167. The van der Waals surface area contributed by atoms with Crippen molar-refractivity contribution in [3.63, 3.8) is 0 Å². The van der Waals surface area contributed by atoms with Crippen LogP contribution in [-0.2, 0) is 5.75 Å². The van der Waals surface area contributed by atoms with Crippen molar-refractivity contribution < 1.29 is 4.79 Å². The molecule has 0 aliphatic heterocycles. The van der Waals surface area contributed by atoms with Crippen LogP contribution in [0.2, 0.25) is 5.02 Å². The van der Waals surface area contributed by atoms with E-state index in [-0.39, 0.29) is 5.91 Å². The van der Waals surface area contributed by atoms with Gasteiger partial charge in [-0.1, -0.05) is 64.5 Å². The number of aryl methyl sites for hydroxylation is 2. The molecular weight excluding hydrogens is 374 g/mol. The van der Waals surface area contributed by atoms with E-state index in [1.165, 1.54) is 11.3 Å². The van der Waals surface area contributed by atoms with Gasteiger partial charge in [0.05, 0.1) is 0 Å². The second kappa shape index (κ2) is 7.99. The van der Waals surface area contributed by atoms with Gasteiger partial charge in [-0.05, 0) is 43.2 Å². The van der Waals surface area contributed by atoms with E-state index in [9.17, 15) is 4.79 Å². The van der Waals surface area contributed by atoms with Gasteiger partial charge in [0.25, 0.3) is 5.91 Å². The molecule has 0 saturated carbocycles. The summed E-state index contributed by atoms with van der Waals surface area (Å²) < 4.78 is 0.802. The van der Waals surface area contributed by atoms with Crippen LogP contribution in [0.4, 0.5) is 5.13 Å². The fourth-order valence-electron chi connectivity index (χ4n) is 2.32. The molecule has 3 rings (SSSR count). The Bertz CT molecular complexity index is 911. The van der Waals surface area contributed by atoms with Crippen LogP contribution in [0.5, 0.6) is 0 Å². The minimum atomic E-state index is -0.167. The molecule has 0 radical (unpaired) electrons. The highest BCUT2D eigenvalue weighted by molar-refractivity contribution is 8.00. The number of thioether (sulfide) groups is 1. The van der Waals surface area contributed by atoms with E-state index in [1.807, 2.05) is 56.3 Å². The SMILES string of the molecule is Cc1ccc(C(=O)Nc2nnc(SCc3cccc(Cl)c3)s2)c(C)c1. The zero-order valence-electron chi connectivity index (χ0n) is 13.7. The number of hydrogen-bond donors (Lipinski definition) is 1. The summed E-state index contributed by atoms with van der Waals surface area (Å²) >= 11 is 8.92. The molecule has 0 spiro atoms. The smallest absolute Gasteiger partial charge is 0.257 e. The van der Waals surface area contributed by atoms with Crippen molar-refractivity contribution in [1.29, 1.82) is 0 Å². The van der Waals surface area contributed by atoms with E-state index < -0.39 is 0 Å². The molecule has 128 valence electrons.